The third-order valence-corrected chi connectivity index (χ3v) is 3.77. The van der Waals surface area contributed by atoms with E-state index in [1.54, 1.807) is 7.11 Å². The summed E-state index contributed by atoms with van der Waals surface area (Å²) < 4.78 is 5.17. The fourth-order valence-corrected chi connectivity index (χ4v) is 2.04. The molecule has 3 nitrogen and oxygen atoms in total. The van der Waals surface area contributed by atoms with Gasteiger partial charge in [-0.2, -0.15) is 0 Å². The summed E-state index contributed by atoms with van der Waals surface area (Å²) in [5, 5.41) is 0. The topological polar surface area (TPSA) is 38.5 Å². The fourth-order valence-electron chi connectivity index (χ4n) is 2.04. The molecule has 0 aliphatic carbocycles. The predicted molar refractivity (Wildman–Crippen MR) is 81.5 cm³/mol. The van der Waals surface area contributed by atoms with E-state index in [0.717, 1.165) is 23.8 Å². The lowest BCUT2D eigenvalue weighted by Gasteiger charge is -2.30. The first-order valence-electron chi connectivity index (χ1n) is 7.05. The Bertz CT molecular complexity index is 362. The van der Waals surface area contributed by atoms with Gasteiger partial charge in [-0.15, -0.1) is 0 Å². The van der Waals surface area contributed by atoms with Gasteiger partial charge < -0.3 is 15.4 Å². The molecule has 0 radical (unpaired) electrons. The van der Waals surface area contributed by atoms with Gasteiger partial charge in [-0.05, 0) is 50.6 Å². The quantitative estimate of drug-likeness (QED) is 0.822. The predicted octanol–water partition coefficient (Wildman–Crippen LogP) is 3.06. The molecule has 0 saturated heterocycles. The molecule has 0 amide bonds. The van der Waals surface area contributed by atoms with E-state index in [0.29, 0.717) is 6.04 Å². The summed E-state index contributed by atoms with van der Waals surface area (Å²) in [6.07, 6.45) is 1.20. The molecule has 0 aliphatic rings. The number of methoxy groups -OCH3 is 1. The van der Waals surface area contributed by atoms with Gasteiger partial charge in [-0.3, -0.25) is 0 Å². The second-order valence-electron chi connectivity index (χ2n) is 5.70. The zero-order valence-corrected chi connectivity index (χ0v) is 12.9. The molecule has 0 heterocycles. The molecule has 3 heteroatoms. The Balaban J connectivity index is 2.61. The maximum atomic E-state index is 6.35. The van der Waals surface area contributed by atoms with Crippen molar-refractivity contribution < 1.29 is 4.74 Å². The molecular weight excluding hydrogens is 236 g/mol. The Morgan fingerprint density at radius 3 is 2.21 bits per heavy atom. The van der Waals surface area contributed by atoms with Crippen LogP contribution in [0.25, 0.3) is 0 Å². The van der Waals surface area contributed by atoms with Gasteiger partial charge in [0.15, 0.2) is 0 Å². The monoisotopic (exact) mass is 264 g/mol. The van der Waals surface area contributed by atoms with Crippen LogP contribution >= 0.6 is 0 Å². The minimum atomic E-state index is 0.0306. The van der Waals surface area contributed by atoms with Gasteiger partial charge in [0, 0.05) is 12.1 Å². The van der Waals surface area contributed by atoms with Crippen molar-refractivity contribution in [2.45, 2.75) is 39.3 Å². The molecule has 0 aliphatic heterocycles. The van der Waals surface area contributed by atoms with Crippen LogP contribution in [0.1, 0.15) is 38.8 Å². The van der Waals surface area contributed by atoms with Gasteiger partial charge in [0.25, 0.3) is 0 Å². The van der Waals surface area contributed by atoms with Gasteiger partial charge in [0.05, 0.1) is 7.11 Å². The van der Waals surface area contributed by atoms with E-state index in [1.165, 1.54) is 6.42 Å². The molecule has 0 spiro atoms. The largest absolute Gasteiger partial charge is 0.497 e. The number of hydrogen-bond acceptors (Lipinski definition) is 3. The maximum absolute atomic E-state index is 6.35. The summed E-state index contributed by atoms with van der Waals surface area (Å²) in [6, 6.07) is 8.40. The Kier molecular flexibility index (Phi) is 6.32. The Hall–Kier alpha value is -1.06. The van der Waals surface area contributed by atoms with E-state index in [2.05, 4.69) is 44.9 Å². The second-order valence-corrected chi connectivity index (χ2v) is 5.70. The van der Waals surface area contributed by atoms with Crippen molar-refractivity contribution in [1.82, 2.24) is 4.90 Å². The van der Waals surface area contributed by atoms with Crippen molar-refractivity contribution >= 4 is 0 Å². The van der Waals surface area contributed by atoms with Crippen LogP contribution in [-0.4, -0.2) is 31.6 Å². The Labute approximate surface area is 117 Å². The number of nitrogens with zero attached hydrogens (tertiary/aromatic N) is 1. The lowest BCUT2D eigenvalue weighted by Crippen LogP contribution is -2.39. The molecule has 0 aromatic heterocycles. The molecule has 19 heavy (non-hydrogen) atoms. The number of ether oxygens (including phenoxy) is 1. The molecule has 1 aromatic carbocycles. The third-order valence-electron chi connectivity index (χ3n) is 3.77. The molecule has 2 atom stereocenters. The van der Waals surface area contributed by atoms with Crippen LogP contribution < -0.4 is 10.5 Å². The molecule has 0 bridgehead atoms. The summed E-state index contributed by atoms with van der Waals surface area (Å²) in [5.74, 6) is 1.60. The molecule has 0 fully saturated rings. The molecule has 1 rings (SSSR count). The minimum Gasteiger partial charge on any atom is -0.497 e. The summed E-state index contributed by atoms with van der Waals surface area (Å²) in [6.45, 7) is 7.78. The first kappa shape index (κ1) is 16.0. The molecule has 1 aromatic rings. The van der Waals surface area contributed by atoms with E-state index in [4.69, 9.17) is 10.5 Å². The Morgan fingerprint density at radius 1 is 1.16 bits per heavy atom. The first-order valence-corrected chi connectivity index (χ1v) is 7.05. The van der Waals surface area contributed by atoms with Gasteiger partial charge in [-0.1, -0.05) is 26.0 Å². The van der Waals surface area contributed by atoms with E-state index in [9.17, 15) is 0 Å². The molecule has 2 unspecified atom stereocenters. The second kappa shape index (κ2) is 7.51. The van der Waals surface area contributed by atoms with E-state index in [-0.39, 0.29) is 6.04 Å². The molecule has 108 valence electrons. The van der Waals surface area contributed by atoms with Crippen LogP contribution in [0, 0.1) is 5.92 Å². The summed E-state index contributed by atoms with van der Waals surface area (Å²) in [5.41, 5.74) is 7.51. The highest BCUT2D eigenvalue weighted by molar-refractivity contribution is 5.29. The van der Waals surface area contributed by atoms with Gasteiger partial charge in [0.2, 0.25) is 0 Å². The normalized spacial score (nSPS) is 14.7. The van der Waals surface area contributed by atoms with Crippen LogP contribution in [-0.2, 0) is 0 Å². The number of hydrogen-bond donors (Lipinski definition) is 1. The third kappa shape index (κ3) is 4.84. The highest BCUT2D eigenvalue weighted by atomic mass is 16.5. The van der Waals surface area contributed by atoms with Crippen LogP contribution in [0.4, 0.5) is 0 Å². The average molecular weight is 264 g/mol. The van der Waals surface area contributed by atoms with Crippen LogP contribution in [0.5, 0.6) is 5.75 Å². The van der Waals surface area contributed by atoms with Crippen molar-refractivity contribution in [2.75, 3.05) is 20.7 Å². The van der Waals surface area contributed by atoms with Crippen molar-refractivity contribution in [2.24, 2.45) is 11.7 Å². The smallest absolute Gasteiger partial charge is 0.118 e. The maximum Gasteiger partial charge on any atom is 0.118 e. The minimum absolute atomic E-state index is 0.0306. The summed E-state index contributed by atoms with van der Waals surface area (Å²) in [7, 11) is 3.83. The summed E-state index contributed by atoms with van der Waals surface area (Å²) in [4.78, 5) is 2.34. The standard InChI is InChI=1S/C16H28N2O/c1-12(2)10-11-18(4)13(3)16(17)14-6-8-15(19-5)9-7-14/h6-9,12-13,16H,10-11,17H2,1-5H3. The average Bonchev–Trinajstić information content (AvgIpc) is 2.43. The zero-order chi connectivity index (χ0) is 14.4. The fraction of sp³-hybridized carbons (Fsp3) is 0.625. The number of benzene rings is 1. The van der Waals surface area contributed by atoms with Crippen LogP contribution in [0.2, 0.25) is 0 Å². The van der Waals surface area contributed by atoms with E-state index < -0.39 is 0 Å². The van der Waals surface area contributed by atoms with Crippen LogP contribution in [0.15, 0.2) is 24.3 Å². The van der Waals surface area contributed by atoms with Gasteiger partial charge in [0.1, 0.15) is 5.75 Å². The van der Waals surface area contributed by atoms with Crippen molar-refractivity contribution in [3.05, 3.63) is 29.8 Å². The summed E-state index contributed by atoms with van der Waals surface area (Å²) >= 11 is 0. The Morgan fingerprint density at radius 2 is 1.74 bits per heavy atom. The van der Waals surface area contributed by atoms with Crippen molar-refractivity contribution in [1.29, 1.82) is 0 Å². The first-order chi connectivity index (χ1) is 8.95. The molecule has 2 N–H and O–H groups in total. The van der Waals surface area contributed by atoms with E-state index in [1.807, 2.05) is 12.1 Å². The van der Waals surface area contributed by atoms with Crippen molar-refractivity contribution in [3.8, 4) is 5.75 Å². The molecular formula is C16H28N2O. The highest BCUT2D eigenvalue weighted by Gasteiger charge is 2.19. The van der Waals surface area contributed by atoms with E-state index >= 15 is 0 Å². The highest BCUT2D eigenvalue weighted by Crippen LogP contribution is 2.21. The zero-order valence-electron chi connectivity index (χ0n) is 12.9. The lowest BCUT2D eigenvalue weighted by atomic mass is 9.99. The van der Waals surface area contributed by atoms with Gasteiger partial charge >= 0.3 is 0 Å². The number of rotatable bonds is 7. The number of likely N-dealkylation sites (N-methyl/N-ethyl adjacent to an activating group) is 1. The lowest BCUT2D eigenvalue weighted by molar-refractivity contribution is 0.215. The van der Waals surface area contributed by atoms with Gasteiger partial charge in [-0.25, -0.2) is 0 Å². The van der Waals surface area contributed by atoms with Crippen molar-refractivity contribution in [3.63, 3.8) is 0 Å². The number of nitrogens with two attached hydrogens (primary N) is 1. The molecule has 0 saturated carbocycles. The van der Waals surface area contributed by atoms with Crippen LogP contribution in [0.3, 0.4) is 0 Å². The SMILES string of the molecule is COc1ccc(C(N)C(C)N(C)CCC(C)C)cc1.